The summed E-state index contributed by atoms with van der Waals surface area (Å²) in [6, 6.07) is 5.24. The van der Waals surface area contributed by atoms with Gasteiger partial charge in [-0.05, 0) is 26.1 Å². The van der Waals surface area contributed by atoms with Gasteiger partial charge in [0.2, 0.25) is 0 Å². The van der Waals surface area contributed by atoms with E-state index in [2.05, 4.69) is 26.3 Å². The highest BCUT2D eigenvalue weighted by molar-refractivity contribution is 9.10. The van der Waals surface area contributed by atoms with Gasteiger partial charge in [0.05, 0.1) is 23.2 Å². The average molecular weight is 339 g/mol. The number of hydrogen-bond acceptors (Lipinski definition) is 4. The number of nitro benzene ring substituents is 1. The summed E-state index contributed by atoms with van der Waals surface area (Å²) >= 11 is 3.25. The predicted molar refractivity (Wildman–Crippen MR) is 79.6 cm³/mol. The molecule has 2 aromatic rings. The van der Waals surface area contributed by atoms with E-state index in [1.165, 1.54) is 6.07 Å². The predicted octanol–water partition coefficient (Wildman–Crippen LogP) is 2.88. The van der Waals surface area contributed by atoms with Gasteiger partial charge in [0, 0.05) is 28.3 Å². The molecule has 0 aliphatic rings. The highest BCUT2D eigenvalue weighted by Gasteiger charge is 2.15. The highest BCUT2D eigenvalue weighted by atomic mass is 79.9. The molecular weight excluding hydrogens is 324 g/mol. The summed E-state index contributed by atoms with van der Waals surface area (Å²) in [7, 11) is 1.88. The lowest BCUT2D eigenvalue weighted by molar-refractivity contribution is -0.385. The highest BCUT2D eigenvalue weighted by Crippen LogP contribution is 2.24. The van der Waals surface area contributed by atoms with E-state index in [0.717, 1.165) is 5.56 Å². The molecule has 1 atom stereocenters. The second-order valence-corrected chi connectivity index (χ2v) is 5.43. The molecule has 0 fully saturated rings. The first-order valence-corrected chi connectivity index (χ1v) is 6.93. The van der Waals surface area contributed by atoms with Crippen molar-refractivity contribution in [3.63, 3.8) is 0 Å². The molecule has 0 saturated heterocycles. The van der Waals surface area contributed by atoms with E-state index in [0.29, 0.717) is 16.6 Å². The van der Waals surface area contributed by atoms with Crippen LogP contribution in [0.5, 0.6) is 0 Å². The fourth-order valence-corrected chi connectivity index (χ4v) is 2.22. The van der Waals surface area contributed by atoms with Gasteiger partial charge in [0.1, 0.15) is 0 Å². The zero-order valence-corrected chi connectivity index (χ0v) is 12.8. The van der Waals surface area contributed by atoms with Gasteiger partial charge in [-0.3, -0.25) is 14.8 Å². The van der Waals surface area contributed by atoms with Gasteiger partial charge >= 0.3 is 0 Å². The molecule has 0 aliphatic heterocycles. The Balaban J connectivity index is 2.26. The second-order valence-electron chi connectivity index (χ2n) is 4.51. The number of nitrogens with one attached hydrogen (secondary N) is 1. The zero-order chi connectivity index (χ0) is 14.7. The van der Waals surface area contributed by atoms with E-state index >= 15 is 0 Å². The summed E-state index contributed by atoms with van der Waals surface area (Å²) in [4.78, 5) is 10.7. The van der Waals surface area contributed by atoms with Crippen molar-refractivity contribution in [2.24, 2.45) is 0 Å². The zero-order valence-electron chi connectivity index (χ0n) is 11.2. The Hall–Kier alpha value is -1.73. The van der Waals surface area contributed by atoms with Crippen molar-refractivity contribution >= 4 is 21.6 Å². The van der Waals surface area contributed by atoms with Crippen LogP contribution in [-0.2, 0) is 6.54 Å². The van der Waals surface area contributed by atoms with Crippen LogP contribution in [0.25, 0.3) is 0 Å². The van der Waals surface area contributed by atoms with Gasteiger partial charge < -0.3 is 5.32 Å². The van der Waals surface area contributed by atoms with E-state index in [9.17, 15) is 10.1 Å². The number of halogens is 1. The van der Waals surface area contributed by atoms with Crippen molar-refractivity contribution in [2.45, 2.75) is 19.5 Å². The number of hydrogen-bond donors (Lipinski definition) is 1. The van der Waals surface area contributed by atoms with Crippen molar-refractivity contribution in [1.82, 2.24) is 15.1 Å². The van der Waals surface area contributed by atoms with Crippen molar-refractivity contribution in [3.05, 3.63) is 56.3 Å². The molecule has 1 unspecified atom stereocenters. The van der Waals surface area contributed by atoms with Crippen LogP contribution in [0.3, 0.4) is 0 Å². The number of benzene rings is 1. The third-order valence-corrected chi connectivity index (χ3v) is 3.66. The molecular formula is C13H15BrN4O2. The maximum Gasteiger partial charge on any atom is 0.275 e. The van der Waals surface area contributed by atoms with Crippen LogP contribution in [0.15, 0.2) is 35.1 Å². The Kier molecular flexibility index (Phi) is 4.51. The minimum atomic E-state index is -0.374. The molecule has 0 aliphatic carbocycles. The maximum atomic E-state index is 11.1. The lowest BCUT2D eigenvalue weighted by Crippen LogP contribution is -2.11. The molecule has 6 nitrogen and oxygen atoms in total. The minimum absolute atomic E-state index is 0.0955. The molecule has 20 heavy (non-hydrogen) atoms. The van der Waals surface area contributed by atoms with E-state index in [4.69, 9.17) is 0 Å². The molecule has 1 heterocycles. The third-order valence-electron chi connectivity index (χ3n) is 3.16. The van der Waals surface area contributed by atoms with Crippen LogP contribution < -0.4 is 5.32 Å². The number of nitro groups is 1. The van der Waals surface area contributed by atoms with Crippen LogP contribution in [0.1, 0.15) is 24.1 Å². The van der Waals surface area contributed by atoms with Crippen LogP contribution in [-0.4, -0.2) is 21.8 Å². The molecule has 1 N–H and O–H groups in total. The Bertz CT molecular complexity index is 627. The lowest BCUT2D eigenvalue weighted by atomic mass is 10.2. The van der Waals surface area contributed by atoms with Crippen molar-refractivity contribution in [1.29, 1.82) is 0 Å². The van der Waals surface area contributed by atoms with Gasteiger partial charge in [-0.1, -0.05) is 15.9 Å². The van der Waals surface area contributed by atoms with E-state index < -0.39 is 0 Å². The summed E-state index contributed by atoms with van der Waals surface area (Å²) in [5.41, 5.74) is 1.77. The fourth-order valence-electron chi connectivity index (χ4n) is 1.87. The number of rotatable bonds is 5. The Morgan fingerprint density at radius 3 is 2.95 bits per heavy atom. The Morgan fingerprint density at radius 1 is 1.55 bits per heavy atom. The molecule has 106 valence electrons. The van der Waals surface area contributed by atoms with Crippen molar-refractivity contribution in [2.75, 3.05) is 7.05 Å². The number of aromatic nitrogens is 2. The lowest BCUT2D eigenvalue weighted by Gasteiger charge is -2.06. The normalized spacial score (nSPS) is 12.3. The first-order chi connectivity index (χ1) is 9.51. The van der Waals surface area contributed by atoms with Gasteiger partial charge in [0.25, 0.3) is 5.69 Å². The molecule has 0 amide bonds. The monoisotopic (exact) mass is 338 g/mol. The summed E-state index contributed by atoms with van der Waals surface area (Å²) in [5, 5.41) is 18.4. The van der Waals surface area contributed by atoms with Crippen LogP contribution >= 0.6 is 15.9 Å². The maximum absolute atomic E-state index is 11.1. The fraction of sp³-hybridized carbons (Fsp3) is 0.308. The third kappa shape index (κ3) is 3.23. The topological polar surface area (TPSA) is 73.0 Å². The summed E-state index contributed by atoms with van der Waals surface area (Å²) in [6.45, 7) is 2.41. The van der Waals surface area contributed by atoms with Gasteiger partial charge in [0.15, 0.2) is 0 Å². The van der Waals surface area contributed by atoms with Crippen LogP contribution in [0.4, 0.5) is 5.69 Å². The summed E-state index contributed by atoms with van der Waals surface area (Å²) in [6.07, 6.45) is 3.67. The minimum Gasteiger partial charge on any atom is -0.313 e. The van der Waals surface area contributed by atoms with E-state index in [1.54, 1.807) is 23.0 Å². The Morgan fingerprint density at radius 2 is 2.30 bits per heavy atom. The van der Waals surface area contributed by atoms with Crippen molar-refractivity contribution < 1.29 is 4.92 Å². The van der Waals surface area contributed by atoms with Gasteiger partial charge in [-0.15, -0.1) is 0 Å². The molecule has 2 rings (SSSR count). The van der Waals surface area contributed by atoms with Gasteiger partial charge in [-0.25, -0.2) is 0 Å². The molecule has 0 bridgehead atoms. The smallest absolute Gasteiger partial charge is 0.275 e. The van der Waals surface area contributed by atoms with Crippen molar-refractivity contribution in [3.8, 4) is 0 Å². The largest absolute Gasteiger partial charge is 0.313 e. The number of nitrogens with zero attached hydrogens (tertiary/aromatic N) is 3. The molecule has 0 spiro atoms. The van der Waals surface area contributed by atoms with E-state index in [1.807, 2.05) is 20.2 Å². The van der Waals surface area contributed by atoms with Gasteiger partial charge in [-0.2, -0.15) is 5.10 Å². The SMILES string of the molecule is CNC(C)c1cnn(Cc2ccc(Br)cc2[N+](=O)[O-])c1. The van der Waals surface area contributed by atoms with E-state index in [-0.39, 0.29) is 16.7 Å². The molecule has 7 heteroatoms. The first-order valence-electron chi connectivity index (χ1n) is 6.13. The molecule has 0 radical (unpaired) electrons. The summed E-state index contributed by atoms with van der Waals surface area (Å²) < 4.78 is 2.40. The standard InChI is InChI=1S/C13H15BrN4O2/c1-9(15-2)11-6-16-17(8-11)7-10-3-4-12(14)5-13(10)18(19)20/h3-6,8-9,15H,7H2,1-2H3. The van der Waals surface area contributed by atoms with Crippen LogP contribution in [0.2, 0.25) is 0 Å². The second kappa shape index (κ2) is 6.15. The molecule has 1 aromatic heterocycles. The van der Waals surface area contributed by atoms with Crippen LogP contribution in [0, 0.1) is 10.1 Å². The molecule has 1 aromatic carbocycles. The summed E-state index contributed by atoms with van der Waals surface area (Å²) in [5.74, 6) is 0. The Labute approximate surface area is 125 Å². The quantitative estimate of drug-likeness (QED) is 0.672. The molecule has 0 saturated carbocycles. The average Bonchev–Trinajstić information content (AvgIpc) is 2.88. The first kappa shape index (κ1) is 14.7.